The van der Waals surface area contributed by atoms with Crippen molar-refractivity contribution >= 4 is 5.91 Å². The molecule has 5 nitrogen and oxygen atoms in total. The first-order valence-electron chi connectivity index (χ1n) is 6.02. The molecule has 0 spiro atoms. The van der Waals surface area contributed by atoms with Crippen LogP contribution in [0, 0.1) is 0 Å². The van der Waals surface area contributed by atoms with E-state index in [0.717, 1.165) is 6.07 Å². The van der Waals surface area contributed by atoms with E-state index in [0.29, 0.717) is 19.3 Å². The Morgan fingerprint density at radius 1 is 1.55 bits per heavy atom. The van der Waals surface area contributed by atoms with Gasteiger partial charge in [-0.1, -0.05) is 6.58 Å². The van der Waals surface area contributed by atoms with Crippen molar-refractivity contribution in [2.24, 2.45) is 0 Å². The van der Waals surface area contributed by atoms with Gasteiger partial charge in [0.05, 0.1) is 6.07 Å². The van der Waals surface area contributed by atoms with Crippen molar-refractivity contribution in [1.82, 2.24) is 10.5 Å². The quantitative estimate of drug-likeness (QED) is 0.864. The summed E-state index contributed by atoms with van der Waals surface area (Å²) >= 11 is 0. The minimum Gasteiger partial charge on any atom is -0.472 e. The van der Waals surface area contributed by atoms with E-state index in [1.165, 1.54) is 6.08 Å². The lowest BCUT2D eigenvalue weighted by molar-refractivity contribution is -0.155. The molecule has 110 valence electrons. The fourth-order valence-electron chi connectivity index (χ4n) is 2.06. The Morgan fingerprint density at radius 2 is 2.30 bits per heavy atom. The third-order valence-electron chi connectivity index (χ3n) is 2.97. The molecule has 1 aromatic heterocycles. The van der Waals surface area contributed by atoms with Crippen molar-refractivity contribution in [2.75, 3.05) is 0 Å². The van der Waals surface area contributed by atoms with Gasteiger partial charge in [-0.15, -0.1) is 0 Å². The molecule has 1 heterocycles. The summed E-state index contributed by atoms with van der Waals surface area (Å²) in [5.41, 5.74) is 0. The SMILES string of the molecule is C=CC(=O)NC1CCC(Oc2cc(C(F)(F)F)on2)C1. The topological polar surface area (TPSA) is 64.4 Å². The van der Waals surface area contributed by atoms with E-state index in [2.05, 4.69) is 21.6 Å². The standard InChI is InChI=1S/C12H13F3N2O3/c1-2-10(18)16-7-3-4-8(5-7)19-11-6-9(20-17-11)12(13,14)15/h2,6-8H,1,3-5H2,(H,16,18). The van der Waals surface area contributed by atoms with Gasteiger partial charge in [0.25, 0.3) is 5.88 Å². The van der Waals surface area contributed by atoms with Crippen molar-refractivity contribution in [3.05, 3.63) is 24.5 Å². The van der Waals surface area contributed by atoms with Crippen molar-refractivity contribution in [1.29, 1.82) is 0 Å². The molecule has 1 N–H and O–H groups in total. The Labute approximate surface area is 112 Å². The van der Waals surface area contributed by atoms with Crippen LogP contribution in [-0.2, 0) is 11.0 Å². The highest BCUT2D eigenvalue weighted by Gasteiger charge is 2.37. The molecule has 0 aromatic carbocycles. The zero-order valence-corrected chi connectivity index (χ0v) is 10.4. The molecular weight excluding hydrogens is 277 g/mol. The lowest BCUT2D eigenvalue weighted by atomic mass is 10.2. The number of nitrogens with one attached hydrogen (secondary N) is 1. The molecule has 1 saturated carbocycles. The minimum atomic E-state index is -4.58. The molecule has 2 unspecified atom stereocenters. The maximum Gasteiger partial charge on any atom is 0.452 e. The average molecular weight is 290 g/mol. The predicted octanol–water partition coefficient (Wildman–Crippen LogP) is 2.30. The number of carbonyl (C=O) groups excluding carboxylic acids is 1. The number of rotatable bonds is 4. The van der Waals surface area contributed by atoms with Gasteiger partial charge in [-0.25, -0.2) is 0 Å². The summed E-state index contributed by atoms with van der Waals surface area (Å²) < 4.78 is 46.4. The van der Waals surface area contributed by atoms with E-state index in [9.17, 15) is 18.0 Å². The van der Waals surface area contributed by atoms with Crippen molar-refractivity contribution in [2.45, 2.75) is 37.6 Å². The summed E-state index contributed by atoms with van der Waals surface area (Å²) in [6.07, 6.45) is -1.89. The molecule has 20 heavy (non-hydrogen) atoms. The first kappa shape index (κ1) is 14.4. The number of halogens is 3. The first-order chi connectivity index (χ1) is 9.38. The van der Waals surface area contributed by atoms with Crippen LogP contribution in [0.25, 0.3) is 0 Å². The van der Waals surface area contributed by atoms with Gasteiger partial charge in [-0.05, 0) is 24.1 Å². The number of nitrogens with zero attached hydrogens (tertiary/aromatic N) is 1. The van der Waals surface area contributed by atoms with Crippen molar-refractivity contribution < 1.29 is 27.2 Å². The van der Waals surface area contributed by atoms with Crippen molar-refractivity contribution in [3.63, 3.8) is 0 Å². The van der Waals surface area contributed by atoms with E-state index in [1.807, 2.05) is 0 Å². The van der Waals surface area contributed by atoms with Gasteiger partial charge in [-0.3, -0.25) is 4.79 Å². The van der Waals surface area contributed by atoms with Gasteiger partial charge < -0.3 is 14.6 Å². The molecule has 1 aliphatic carbocycles. The molecule has 8 heteroatoms. The summed E-state index contributed by atoms with van der Waals surface area (Å²) in [4.78, 5) is 11.1. The van der Waals surface area contributed by atoms with Crippen LogP contribution in [0.15, 0.2) is 23.2 Å². The van der Waals surface area contributed by atoms with Gasteiger partial charge in [-0.2, -0.15) is 13.2 Å². The number of alkyl halides is 3. The van der Waals surface area contributed by atoms with Gasteiger partial charge >= 0.3 is 6.18 Å². The largest absolute Gasteiger partial charge is 0.472 e. The fourth-order valence-corrected chi connectivity index (χ4v) is 2.06. The normalized spacial score (nSPS) is 22.6. The van der Waals surface area contributed by atoms with Crippen LogP contribution in [0.3, 0.4) is 0 Å². The molecule has 0 bridgehead atoms. The lowest BCUT2D eigenvalue weighted by Crippen LogP contribution is -2.32. The Bertz CT molecular complexity index is 498. The van der Waals surface area contributed by atoms with Crippen LogP contribution in [0.1, 0.15) is 25.0 Å². The molecule has 0 saturated heterocycles. The van der Waals surface area contributed by atoms with Crippen LogP contribution in [0.4, 0.5) is 13.2 Å². The summed E-state index contributed by atoms with van der Waals surface area (Å²) in [6, 6.07) is 0.648. The molecule has 0 radical (unpaired) electrons. The molecule has 2 atom stereocenters. The van der Waals surface area contributed by atoms with Gasteiger partial charge in [0.1, 0.15) is 6.10 Å². The zero-order chi connectivity index (χ0) is 14.8. The smallest absolute Gasteiger partial charge is 0.452 e. The van der Waals surface area contributed by atoms with Gasteiger partial charge in [0.2, 0.25) is 11.7 Å². The molecule has 2 rings (SSSR count). The second-order valence-electron chi connectivity index (χ2n) is 4.49. The molecular formula is C12H13F3N2O3. The summed E-state index contributed by atoms with van der Waals surface area (Å²) in [5, 5.41) is 5.94. The first-order valence-corrected chi connectivity index (χ1v) is 6.02. The van der Waals surface area contributed by atoms with E-state index < -0.39 is 11.9 Å². The van der Waals surface area contributed by atoms with Crippen molar-refractivity contribution in [3.8, 4) is 5.88 Å². The predicted molar refractivity (Wildman–Crippen MR) is 61.9 cm³/mol. The summed E-state index contributed by atoms with van der Waals surface area (Å²) in [7, 11) is 0. The Hall–Kier alpha value is -1.99. The monoisotopic (exact) mass is 290 g/mol. The van der Waals surface area contributed by atoms with E-state index in [4.69, 9.17) is 4.74 Å². The molecule has 1 fully saturated rings. The van der Waals surface area contributed by atoms with Crippen LogP contribution in [0.5, 0.6) is 5.88 Å². The Balaban J connectivity index is 1.87. The molecule has 1 aliphatic rings. The highest BCUT2D eigenvalue weighted by atomic mass is 19.4. The van der Waals surface area contributed by atoms with Gasteiger partial charge in [0, 0.05) is 12.5 Å². The van der Waals surface area contributed by atoms with Gasteiger partial charge in [0.15, 0.2) is 0 Å². The molecule has 0 aliphatic heterocycles. The van der Waals surface area contributed by atoms with Crippen LogP contribution in [-0.4, -0.2) is 23.2 Å². The van der Waals surface area contributed by atoms with Crippen LogP contribution in [0.2, 0.25) is 0 Å². The number of ether oxygens (including phenoxy) is 1. The maximum absolute atomic E-state index is 12.3. The second-order valence-corrected chi connectivity index (χ2v) is 4.49. The van der Waals surface area contributed by atoms with Crippen LogP contribution < -0.4 is 10.1 Å². The lowest BCUT2D eigenvalue weighted by Gasteiger charge is -2.12. The minimum absolute atomic E-state index is 0.0699. The maximum atomic E-state index is 12.3. The zero-order valence-electron chi connectivity index (χ0n) is 10.4. The molecule has 1 aromatic rings. The Morgan fingerprint density at radius 3 is 2.90 bits per heavy atom. The number of aromatic nitrogens is 1. The van der Waals surface area contributed by atoms with E-state index >= 15 is 0 Å². The van der Waals surface area contributed by atoms with E-state index in [-0.39, 0.29) is 23.9 Å². The Kier molecular flexibility index (Phi) is 4.01. The number of hydrogen-bond donors (Lipinski definition) is 1. The average Bonchev–Trinajstić information content (AvgIpc) is 2.98. The summed E-state index contributed by atoms with van der Waals surface area (Å²) in [6.45, 7) is 3.34. The highest BCUT2D eigenvalue weighted by molar-refractivity contribution is 5.87. The number of carbonyl (C=O) groups is 1. The van der Waals surface area contributed by atoms with E-state index in [1.54, 1.807) is 0 Å². The van der Waals surface area contributed by atoms with Crippen LogP contribution >= 0.6 is 0 Å². The summed E-state index contributed by atoms with van der Waals surface area (Å²) in [5.74, 6) is -1.67. The fraction of sp³-hybridized carbons (Fsp3) is 0.500. The third kappa shape index (κ3) is 3.52. The highest BCUT2D eigenvalue weighted by Crippen LogP contribution is 2.32. The molecule has 1 amide bonds. The number of hydrogen-bond acceptors (Lipinski definition) is 4. The number of amides is 1. The third-order valence-corrected chi connectivity index (χ3v) is 2.97. The second kappa shape index (κ2) is 5.56.